The van der Waals surface area contributed by atoms with Gasteiger partial charge in [-0.25, -0.2) is 4.68 Å². The number of rotatable bonds is 8. The summed E-state index contributed by atoms with van der Waals surface area (Å²) >= 11 is 1.44. The first-order valence-electron chi connectivity index (χ1n) is 9.94. The van der Waals surface area contributed by atoms with Crippen molar-refractivity contribution in [3.63, 3.8) is 0 Å². The molecule has 8 nitrogen and oxygen atoms in total. The van der Waals surface area contributed by atoms with Crippen LogP contribution in [0.3, 0.4) is 0 Å². The van der Waals surface area contributed by atoms with E-state index >= 15 is 0 Å². The molecule has 0 saturated heterocycles. The fraction of sp³-hybridized carbons (Fsp3) is 0.450. The predicted molar refractivity (Wildman–Crippen MR) is 113 cm³/mol. The van der Waals surface area contributed by atoms with Crippen LogP contribution in [0.5, 0.6) is 0 Å². The van der Waals surface area contributed by atoms with Crippen molar-refractivity contribution < 1.29 is 4.79 Å². The van der Waals surface area contributed by atoms with Crippen molar-refractivity contribution in [1.82, 2.24) is 29.5 Å². The molecule has 1 aliphatic carbocycles. The molecule has 1 saturated carbocycles. The lowest BCUT2D eigenvalue weighted by Crippen LogP contribution is -2.25. The highest BCUT2D eigenvalue weighted by Gasteiger charge is 2.31. The number of nitrogens with zero attached hydrogens (tertiary/aromatic N) is 6. The largest absolute Gasteiger partial charge is 0.310 e. The number of amides is 1. The molecule has 1 N–H and O–H groups in total. The molecule has 0 bridgehead atoms. The molecule has 3 aromatic rings. The average Bonchev–Trinajstić information content (AvgIpc) is 3.33. The van der Waals surface area contributed by atoms with Gasteiger partial charge in [0.1, 0.15) is 5.82 Å². The molecule has 1 fully saturated rings. The third kappa shape index (κ3) is 4.19. The second-order valence-corrected chi connectivity index (χ2v) is 8.62. The highest BCUT2D eigenvalue weighted by Crippen LogP contribution is 2.41. The summed E-state index contributed by atoms with van der Waals surface area (Å²) in [5, 5.41) is 16.6. The number of pyridine rings is 1. The minimum absolute atomic E-state index is 0.0733. The van der Waals surface area contributed by atoms with Gasteiger partial charge in [0.2, 0.25) is 5.91 Å². The summed E-state index contributed by atoms with van der Waals surface area (Å²) < 4.78 is 4.01. The van der Waals surface area contributed by atoms with Crippen LogP contribution in [-0.2, 0) is 4.79 Å². The van der Waals surface area contributed by atoms with Gasteiger partial charge < -0.3 is 5.32 Å². The third-order valence-electron chi connectivity index (χ3n) is 5.10. The molecule has 9 heteroatoms. The smallest absolute Gasteiger partial charge is 0.238 e. The molecule has 0 radical (unpaired) electrons. The van der Waals surface area contributed by atoms with Gasteiger partial charge in [-0.05, 0) is 45.2 Å². The summed E-state index contributed by atoms with van der Waals surface area (Å²) in [7, 11) is 0. The van der Waals surface area contributed by atoms with Gasteiger partial charge in [-0.1, -0.05) is 18.7 Å². The molecule has 0 unspecified atom stereocenters. The molecule has 1 amide bonds. The lowest BCUT2D eigenvalue weighted by molar-refractivity contribution is -0.115. The zero-order chi connectivity index (χ0) is 20.4. The summed E-state index contributed by atoms with van der Waals surface area (Å²) in [4.78, 5) is 16.9. The number of thioether (sulfide) groups is 1. The number of carbonyl (C=O) groups excluding carboxylic acids is 1. The summed E-state index contributed by atoms with van der Waals surface area (Å²) in [6.07, 6.45) is 8.38. The second-order valence-electron chi connectivity index (χ2n) is 7.31. The van der Waals surface area contributed by atoms with Crippen LogP contribution in [0.1, 0.15) is 52.1 Å². The van der Waals surface area contributed by atoms with Crippen LogP contribution >= 0.6 is 11.8 Å². The highest BCUT2D eigenvalue weighted by atomic mass is 32.2. The first-order valence-corrected chi connectivity index (χ1v) is 10.8. The number of anilines is 1. The molecular weight excluding hydrogens is 386 g/mol. The Morgan fingerprint density at radius 1 is 1.21 bits per heavy atom. The maximum Gasteiger partial charge on any atom is 0.238 e. The van der Waals surface area contributed by atoms with E-state index in [1.165, 1.54) is 11.8 Å². The van der Waals surface area contributed by atoms with E-state index in [0.717, 1.165) is 41.6 Å². The predicted octanol–water partition coefficient (Wildman–Crippen LogP) is 3.96. The van der Waals surface area contributed by atoms with Crippen molar-refractivity contribution in [3.05, 3.63) is 36.8 Å². The fourth-order valence-corrected chi connectivity index (χ4v) is 4.01. The Labute approximate surface area is 174 Å². The van der Waals surface area contributed by atoms with Crippen LogP contribution in [0, 0.1) is 0 Å². The molecule has 3 heterocycles. The molecule has 4 rings (SSSR count). The topological polar surface area (TPSA) is 90.5 Å². The van der Waals surface area contributed by atoms with Crippen molar-refractivity contribution in [2.75, 3.05) is 5.32 Å². The van der Waals surface area contributed by atoms with E-state index in [-0.39, 0.29) is 17.2 Å². The van der Waals surface area contributed by atoms with E-state index in [0.29, 0.717) is 6.04 Å². The van der Waals surface area contributed by atoms with Crippen molar-refractivity contribution in [2.24, 2.45) is 0 Å². The van der Waals surface area contributed by atoms with Crippen molar-refractivity contribution in [2.45, 2.75) is 62.5 Å². The molecule has 1 aliphatic rings. The van der Waals surface area contributed by atoms with Gasteiger partial charge in [-0.2, -0.15) is 5.10 Å². The maximum atomic E-state index is 12.8. The van der Waals surface area contributed by atoms with Crippen LogP contribution in [0.4, 0.5) is 5.82 Å². The van der Waals surface area contributed by atoms with E-state index in [2.05, 4.69) is 44.0 Å². The minimum atomic E-state index is -0.317. The number of hydrogen-bond donors (Lipinski definition) is 1. The molecule has 2 atom stereocenters. The zero-order valence-electron chi connectivity index (χ0n) is 16.8. The quantitative estimate of drug-likeness (QED) is 0.564. The Balaban J connectivity index is 1.50. The van der Waals surface area contributed by atoms with Gasteiger partial charge in [0.25, 0.3) is 0 Å². The van der Waals surface area contributed by atoms with Gasteiger partial charge in [0, 0.05) is 30.1 Å². The van der Waals surface area contributed by atoms with Crippen LogP contribution in [-0.4, -0.2) is 40.7 Å². The first kappa shape index (κ1) is 19.6. The Kier molecular flexibility index (Phi) is 5.66. The molecule has 0 spiro atoms. The van der Waals surface area contributed by atoms with Crippen molar-refractivity contribution in [1.29, 1.82) is 0 Å². The molecule has 29 heavy (non-hydrogen) atoms. The summed E-state index contributed by atoms with van der Waals surface area (Å²) in [5.41, 5.74) is 0.987. The molecule has 0 aromatic carbocycles. The van der Waals surface area contributed by atoms with E-state index in [1.807, 2.05) is 29.8 Å². The fourth-order valence-electron chi connectivity index (χ4n) is 3.09. The van der Waals surface area contributed by atoms with Gasteiger partial charge in [-0.3, -0.25) is 14.3 Å². The zero-order valence-corrected chi connectivity index (χ0v) is 17.6. The second kappa shape index (κ2) is 8.36. The normalized spacial score (nSPS) is 15.8. The molecule has 152 valence electrons. The lowest BCUT2D eigenvalue weighted by atomic mass is 10.2. The Bertz CT molecular complexity index is 980. The number of hydrogen-bond acceptors (Lipinski definition) is 6. The monoisotopic (exact) mass is 411 g/mol. The SMILES string of the molecule is CC[C@H](C)n1nccc1NC(=O)[C@H](C)Sc1nnc(-c2ccncc2)n1C1CC1. The molecule has 3 aromatic heterocycles. The highest BCUT2D eigenvalue weighted by molar-refractivity contribution is 8.00. The van der Waals surface area contributed by atoms with E-state index < -0.39 is 0 Å². The van der Waals surface area contributed by atoms with E-state index in [4.69, 9.17) is 0 Å². The van der Waals surface area contributed by atoms with Crippen molar-refractivity contribution in [3.8, 4) is 11.4 Å². The van der Waals surface area contributed by atoms with Crippen LogP contribution in [0.25, 0.3) is 11.4 Å². The van der Waals surface area contributed by atoms with Gasteiger partial charge >= 0.3 is 0 Å². The third-order valence-corrected chi connectivity index (χ3v) is 6.15. The van der Waals surface area contributed by atoms with E-state index in [9.17, 15) is 4.79 Å². The standard InChI is InChI=1S/C20H25N7OS/c1-4-13(2)27-17(9-12-22-27)23-19(28)14(3)29-20-25-24-18(26(20)16-5-6-16)15-7-10-21-11-8-15/h7-14,16H,4-6H2,1-3H3,(H,23,28)/t13-,14-/m0/s1. The van der Waals surface area contributed by atoms with Crippen molar-refractivity contribution >= 4 is 23.5 Å². The number of aromatic nitrogens is 6. The Hall–Kier alpha value is -2.68. The van der Waals surface area contributed by atoms with Gasteiger partial charge in [0.15, 0.2) is 11.0 Å². The van der Waals surface area contributed by atoms with Gasteiger partial charge in [-0.15, -0.1) is 10.2 Å². The summed E-state index contributed by atoms with van der Waals surface area (Å²) in [6.45, 7) is 6.07. The van der Waals surface area contributed by atoms with Crippen LogP contribution < -0.4 is 5.32 Å². The summed E-state index contributed by atoms with van der Waals surface area (Å²) in [5.74, 6) is 1.48. The number of carbonyl (C=O) groups is 1. The minimum Gasteiger partial charge on any atom is -0.310 e. The Morgan fingerprint density at radius 2 is 1.97 bits per heavy atom. The average molecular weight is 412 g/mol. The molecular formula is C20H25N7OS. The van der Waals surface area contributed by atoms with Crippen LogP contribution in [0.2, 0.25) is 0 Å². The van der Waals surface area contributed by atoms with Crippen LogP contribution in [0.15, 0.2) is 41.9 Å². The maximum absolute atomic E-state index is 12.8. The van der Waals surface area contributed by atoms with Gasteiger partial charge in [0.05, 0.1) is 17.5 Å². The van der Waals surface area contributed by atoms with E-state index in [1.54, 1.807) is 18.6 Å². The number of nitrogens with one attached hydrogen (secondary N) is 1. The molecule has 0 aliphatic heterocycles. The first-order chi connectivity index (χ1) is 14.1. The Morgan fingerprint density at radius 3 is 2.66 bits per heavy atom. The lowest BCUT2D eigenvalue weighted by Gasteiger charge is -2.16. The summed E-state index contributed by atoms with van der Waals surface area (Å²) in [6, 6.07) is 6.32.